The maximum absolute atomic E-state index is 6.02. The topological polar surface area (TPSA) is 48.1 Å². The van der Waals surface area contributed by atoms with Gasteiger partial charge in [-0.1, -0.05) is 18.5 Å². The molecule has 0 aliphatic rings. The number of nitrogens with zero attached hydrogens (tertiary/aromatic N) is 1. The monoisotopic (exact) mass is 228 g/mol. The van der Waals surface area contributed by atoms with Crippen molar-refractivity contribution in [3.8, 4) is 0 Å². The molecule has 0 saturated carbocycles. The first-order valence-electron chi connectivity index (χ1n) is 5.15. The zero-order valence-electron chi connectivity index (χ0n) is 8.95. The average molecular weight is 229 g/mol. The predicted octanol–water partition coefficient (Wildman–Crippen LogP) is 1.73. The van der Waals surface area contributed by atoms with Gasteiger partial charge in [0, 0.05) is 25.4 Å². The van der Waals surface area contributed by atoms with E-state index in [1.54, 1.807) is 6.20 Å². The van der Waals surface area contributed by atoms with E-state index in [4.69, 9.17) is 22.1 Å². The molecule has 0 radical (unpaired) electrons. The van der Waals surface area contributed by atoms with Gasteiger partial charge in [-0.3, -0.25) is 4.98 Å². The van der Waals surface area contributed by atoms with E-state index in [2.05, 4.69) is 11.9 Å². The second-order valence-electron chi connectivity index (χ2n) is 3.27. The van der Waals surface area contributed by atoms with Crippen LogP contribution >= 0.6 is 11.6 Å². The number of nitrogens with two attached hydrogens (primary N) is 1. The Labute approximate surface area is 95.6 Å². The van der Waals surface area contributed by atoms with E-state index in [0.29, 0.717) is 19.6 Å². The molecule has 1 aromatic heterocycles. The Kier molecular flexibility index (Phi) is 5.61. The number of ether oxygens (including phenoxy) is 1. The van der Waals surface area contributed by atoms with Gasteiger partial charge in [0.1, 0.15) is 5.56 Å². The number of aromatic nitrogens is 1. The molecule has 0 aromatic carbocycles. The maximum Gasteiger partial charge on any atom is 0.135 e. The summed E-state index contributed by atoms with van der Waals surface area (Å²) in [6.45, 7) is 3.11. The first-order chi connectivity index (χ1) is 7.27. The fourth-order valence-electron chi connectivity index (χ4n) is 1.41. The van der Waals surface area contributed by atoms with Crippen LogP contribution in [-0.2, 0) is 17.6 Å². The molecule has 1 unspecified atom stereocenters. The van der Waals surface area contributed by atoms with E-state index < -0.39 is 0 Å². The highest BCUT2D eigenvalue weighted by atomic mass is 35.5. The highest BCUT2D eigenvalue weighted by molar-refractivity contribution is 6.19. The van der Waals surface area contributed by atoms with Crippen molar-refractivity contribution in [1.82, 2.24) is 4.98 Å². The van der Waals surface area contributed by atoms with E-state index in [0.717, 1.165) is 12.0 Å². The Morgan fingerprint density at radius 2 is 2.33 bits per heavy atom. The lowest BCUT2D eigenvalue weighted by atomic mass is 10.1. The number of alkyl halides is 1. The minimum atomic E-state index is -0.317. The molecule has 0 saturated heterocycles. The average Bonchev–Trinajstić information content (AvgIpc) is 2.27. The van der Waals surface area contributed by atoms with Crippen LogP contribution in [0.5, 0.6) is 0 Å². The molecule has 0 fully saturated rings. The summed E-state index contributed by atoms with van der Waals surface area (Å²) in [5, 5.41) is 0. The molecular formula is C11H17ClN2O. The number of aryl methyl sites for hydroxylation is 1. The van der Waals surface area contributed by atoms with Crippen LogP contribution in [0.1, 0.15) is 18.1 Å². The van der Waals surface area contributed by atoms with Crippen molar-refractivity contribution in [1.29, 1.82) is 0 Å². The van der Waals surface area contributed by atoms with E-state index in [9.17, 15) is 0 Å². The molecule has 1 aromatic rings. The lowest BCUT2D eigenvalue weighted by molar-refractivity contribution is 0.114. The Balaban J connectivity index is 2.55. The van der Waals surface area contributed by atoms with Crippen LogP contribution in [0.4, 0.5) is 0 Å². The standard InChI is InChI=1S/C11H17ClN2O/c1-2-9-3-5-14-8-10(9)7-11(12)15-6-4-13/h3,5,8,11H,2,4,6-7,13H2,1H3. The highest BCUT2D eigenvalue weighted by Gasteiger charge is 2.08. The second kappa shape index (κ2) is 6.77. The predicted molar refractivity (Wildman–Crippen MR) is 62.0 cm³/mol. The van der Waals surface area contributed by atoms with Gasteiger partial charge in [-0.05, 0) is 23.6 Å². The molecule has 0 aliphatic carbocycles. The summed E-state index contributed by atoms with van der Waals surface area (Å²) in [5.74, 6) is 0. The summed E-state index contributed by atoms with van der Waals surface area (Å²) in [5.41, 5.74) is 7.43. The van der Waals surface area contributed by atoms with Gasteiger partial charge in [0.05, 0.1) is 6.61 Å². The van der Waals surface area contributed by atoms with Gasteiger partial charge in [-0.2, -0.15) is 0 Å². The van der Waals surface area contributed by atoms with Crippen LogP contribution in [0.25, 0.3) is 0 Å². The van der Waals surface area contributed by atoms with Crippen molar-refractivity contribution >= 4 is 11.6 Å². The SMILES string of the molecule is CCc1ccncc1CC(Cl)OCCN. The molecule has 15 heavy (non-hydrogen) atoms. The van der Waals surface area contributed by atoms with E-state index in [1.807, 2.05) is 12.3 Å². The Morgan fingerprint density at radius 3 is 3.00 bits per heavy atom. The minimum absolute atomic E-state index is 0.317. The molecule has 4 heteroatoms. The zero-order chi connectivity index (χ0) is 11.1. The van der Waals surface area contributed by atoms with Gasteiger partial charge in [0.25, 0.3) is 0 Å². The molecule has 1 atom stereocenters. The summed E-state index contributed by atoms with van der Waals surface area (Å²) in [4.78, 5) is 4.09. The van der Waals surface area contributed by atoms with Gasteiger partial charge < -0.3 is 10.5 Å². The van der Waals surface area contributed by atoms with Crippen molar-refractivity contribution in [2.75, 3.05) is 13.2 Å². The fourth-order valence-corrected chi connectivity index (χ4v) is 1.67. The first-order valence-corrected chi connectivity index (χ1v) is 5.59. The minimum Gasteiger partial charge on any atom is -0.361 e. The van der Waals surface area contributed by atoms with Crippen molar-refractivity contribution in [2.24, 2.45) is 5.73 Å². The molecule has 0 amide bonds. The molecule has 0 aliphatic heterocycles. The first kappa shape index (κ1) is 12.4. The van der Waals surface area contributed by atoms with Gasteiger partial charge >= 0.3 is 0 Å². The van der Waals surface area contributed by atoms with E-state index in [1.165, 1.54) is 5.56 Å². The fraction of sp³-hybridized carbons (Fsp3) is 0.545. The lowest BCUT2D eigenvalue weighted by Crippen LogP contribution is -2.16. The second-order valence-corrected chi connectivity index (χ2v) is 3.76. The van der Waals surface area contributed by atoms with E-state index in [-0.39, 0.29) is 5.56 Å². The highest BCUT2D eigenvalue weighted by Crippen LogP contribution is 2.13. The third kappa shape index (κ3) is 4.16. The van der Waals surface area contributed by atoms with Crippen molar-refractivity contribution in [3.05, 3.63) is 29.6 Å². The van der Waals surface area contributed by atoms with Gasteiger partial charge in [0.2, 0.25) is 0 Å². The molecule has 0 spiro atoms. The van der Waals surface area contributed by atoms with Gasteiger partial charge in [0.15, 0.2) is 0 Å². The number of hydrogen-bond donors (Lipinski definition) is 1. The molecule has 1 rings (SSSR count). The third-order valence-corrected chi connectivity index (χ3v) is 2.46. The summed E-state index contributed by atoms with van der Waals surface area (Å²) in [6.07, 6.45) is 5.31. The quantitative estimate of drug-likeness (QED) is 0.755. The summed E-state index contributed by atoms with van der Waals surface area (Å²) in [6, 6.07) is 2.02. The van der Waals surface area contributed by atoms with Crippen LogP contribution < -0.4 is 5.73 Å². The molecule has 2 N–H and O–H groups in total. The molecule has 1 heterocycles. The normalized spacial score (nSPS) is 12.7. The number of halogens is 1. The Hall–Kier alpha value is -0.640. The van der Waals surface area contributed by atoms with Crippen LogP contribution in [0.15, 0.2) is 18.5 Å². The summed E-state index contributed by atoms with van der Waals surface area (Å²) < 4.78 is 5.31. The van der Waals surface area contributed by atoms with Crippen molar-refractivity contribution in [3.63, 3.8) is 0 Å². The molecule has 3 nitrogen and oxygen atoms in total. The molecular weight excluding hydrogens is 212 g/mol. The molecule has 0 bridgehead atoms. The smallest absolute Gasteiger partial charge is 0.135 e. The zero-order valence-corrected chi connectivity index (χ0v) is 9.70. The van der Waals surface area contributed by atoms with Crippen LogP contribution in [0.3, 0.4) is 0 Å². The Morgan fingerprint density at radius 1 is 1.53 bits per heavy atom. The van der Waals surface area contributed by atoms with Crippen molar-refractivity contribution < 1.29 is 4.74 Å². The van der Waals surface area contributed by atoms with Crippen LogP contribution in [0.2, 0.25) is 0 Å². The number of hydrogen-bond acceptors (Lipinski definition) is 3. The van der Waals surface area contributed by atoms with Crippen LogP contribution in [-0.4, -0.2) is 23.7 Å². The van der Waals surface area contributed by atoms with Gasteiger partial charge in [-0.25, -0.2) is 0 Å². The Bertz CT molecular complexity index is 294. The van der Waals surface area contributed by atoms with Gasteiger partial charge in [-0.15, -0.1) is 0 Å². The number of pyridine rings is 1. The summed E-state index contributed by atoms with van der Waals surface area (Å²) in [7, 11) is 0. The number of rotatable bonds is 6. The lowest BCUT2D eigenvalue weighted by Gasteiger charge is -2.12. The maximum atomic E-state index is 6.02. The van der Waals surface area contributed by atoms with Crippen molar-refractivity contribution in [2.45, 2.75) is 25.3 Å². The third-order valence-electron chi connectivity index (χ3n) is 2.18. The summed E-state index contributed by atoms with van der Waals surface area (Å²) >= 11 is 6.02. The largest absolute Gasteiger partial charge is 0.361 e. The van der Waals surface area contributed by atoms with Crippen LogP contribution in [0, 0.1) is 0 Å². The van der Waals surface area contributed by atoms with E-state index >= 15 is 0 Å². The molecule has 84 valence electrons.